The minimum atomic E-state index is -1.35. The van der Waals surface area contributed by atoms with Crippen molar-refractivity contribution in [1.82, 2.24) is 15.2 Å². The number of fused-ring (bicyclic) bond motifs is 2. The molecule has 18 heteroatoms. The summed E-state index contributed by atoms with van der Waals surface area (Å²) in [5.74, 6) is -2.82. The summed E-state index contributed by atoms with van der Waals surface area (Å²) in [5.41, 5.74) is 4.46. The number of halogens is 1. The first-order valence-electron chi connectivity index (χ1n) is 10.3. The maximum absolute atomic E-state index is 13.0. The van der Waals surface area contributed by atoms with Crippen LogP contribution in [0.3, 0.4) is 0 Å². The summed E-state index contributed by atoms with van der Waals surface area (Å²) in [6, 6.07) is 0.671. The van der Waals surface area contributed by atoms with Crippen molar-refractivity contribution < 1.29 is 29.8 Å². The van der Waals surface area contributed by atoms with Gasteiger partial charge in [0.05, 0.1) is 25.8 Å². The Kier molecular flexibility index (Phi) is 7.42. The van der Waals surface area contributed by atoms with E-state index in [1.807, 2.05) is 0 Å². The molecule has 198 valence electrons. The van der Waals surface area contributed by atoms with E-state index >= 15 is 0 Å². The lowest BCUT2D eigenvalue weighted by atomic mass is 10.0. The van der Waals surface area contributed by atoms with Gasteiger partial charge < -0.3 is 26.5 Å². The normalized spacial score (nSPS) is 19.5. The standard InChI is InChI=1S/C20H14ClN5O7S5/c21-14-8(24-20(22)38-14)9(25-33)15(29)23-10-16(30)26-11(18(31)32)7(4-35-17(10)26)37-19-5(3-27)12(28)13-6(36-19)1-2-34-13/h1-2,10,17,27,33H,3-4H2,(H2,22,24)(H,23,29)(H,31,32)/b25-9+/t10?,17-/m1/s1. The number of thiophene rings is 1. The third-order valence-corrected chi connectivity index (χ3v) is 11.6. The third kappa shape index (κ3) is 4.47. The van der Waals surface area contributed by atoms with Crippen LogP contribution in [-0.4, -0.2) is 66.0 Å². The zero-order valence-electron chi connectivity index (χ0n) is 18.5. The van der Waals surface area contributed by atoms with E-state index < -0.39 is 41.5 Å². The molecule has 1 saturated heterocycles. The highest BCUT2D eigenvalue weighted by Gasteiger charge is 2.54. The molecular formula is C20H14ClN5O7S5. The monoisotopic (exact) mass is 631 g/mol. The van der Waals surface area contributed by atoms with E-state index in [1.54, 1.807) is 11.4 Å². The summed E-state index contributed by atoms with van der Waals surface area (Å²) in [6.07, 6.45) is 0. The van der Waals surface area contributed by atoms with Gasteiger partial charge in [0.25, 0.3) is 11.8 Å². The van der Waals surface area contributed by atoms with E-state index in [4.69, 9.17) is 17.3 Å². The molecule has 1 fully saturated rings. The summed E-state index contributed by atoms with van der Waals surface area (Å²) in [5, 5.41) is 35.6. The van der Waals surface area contributed by atoms with Crippen LogP contribution in [0.1, 0.15) is 11.3 Å². The molecule has 3 aromatic heterocycles. The number of thioether (sulfide) groups is 2. The van der Waals surface area contributed by atoms with Crippen LogP contribution in [0.2, 0.25) is 4.34 Å². The van der Waals surface area contributed by atoms with Gasteiger partial charge in [0.2, 0.25) is 5.43 Å². The van der Waals surface area contributed by atoms with Crippen molar-refractivity contribution in [2.24, 2.45) is 5.16 Å². The Hall–Kier alpha value is -2.67. The van der Waals surface area contributed by atoms with Crippen LogP contribution in [0, 0.1) is 0 Å². The molecule has 0 saturated carbocycles. The fraction of sp³-hybridized carbons (Fsp3) is 0.200. The molecule has 5 rings (SSSR count). The number of carboxylic acids is 1. The van der Waals surface area contributed by atoms with Gasteiger partial charge in [-0.05, 0) is 11.4 Å². The number of oxime groups is 1. The van der Waals surface area contributed by atoms with E-state index in [0.717, 1.165) is 28.0 Å². The van der Waals surface area contributed by atoms with Crippen molar-refractivity contribution in [2.75, 3.05) is 11.5 Å². The summed E-state index contributed by atoms with van der Waals surface area (Å²) in [4.78, 5) is 56.1. The Labute approximate surface area is 237 Å². The lowest BCUT2D eigenvalue weighted by Crippen LogP contribution is -2.71. The number of nitrogens with one attached hydrogen (secondary N) is 1. The Morgan fingerprint density at radius 2 is 2.11 bits per heavy atom. The molecule has 2 atom stereocenters. The SMILES string of the molecule is Nc1nc(/C(=N\O)C(=O)NC2C(=O)N3C(C(=O)O)=C(Sc4sc5ccsc5c(=O)c4CO)CS[C@H]23)c(Cl)s1. The number of rotatable bonds is 7. The molecule has 5 heterocycles. The van der Waals surface area contributed by atoms with Crippen molar-refractivity contribution in [3.63, 3.8) is 0 Å². The topological polar surface area (TPSA) is 196 Å². The quantitative estimate of drug-likeness (QED) is 0.111. The largest absolute Gasteiger partial charge is 0.477 e. The first-order chi connectivity index (χ1) is 18.2. The summed E-state index contributed by atoms with van der Waals surface area (Å²) >= 11 is 11.6. The Morgan fingerprint density at radius 3 is 2.74 bits per heavy atom. The van der Waals surface area contributed by atoms with Crippen LogP contribution >= 0.6 is 69.1 Å². The molecule has 2 aliphatic heterocycles. The molecular weight excluding hydrogens is 618 g/mol. The van der Waals surface area contributed by atoms with E-state index in [-0.39, 0.29) is 37.6 Å². The predicted octanol–water partition coefficient (Wildman–Crippen LogP) is 2.17. The van der Waals surface area contributed by atoms with Crippen LogP contribution in [0.4, 0.5) is 5.13 Å². The fourth-order valence-electron chi connectivity index (χ4n) is 3.81. The van der Waals surface area contributed by atoms with Crippen molar-refractivity contribution in [3.8, 4) is 0 Å². The first kappa shape index (κ1) is 26.9. The second-order valence-electron chi connectivity index (χ2n) is 7.63. The number of hydrogen-bond donors (Lipinski definition) is 5. The Balaban J connectivity index is 1.41. The second-order valence-corrected chi connectivity index (χ2v) is 13.7. The number of aliphatic hydroxyl groups excluding tert-OH is 1. The number of nitrogen functional groups attached to an aromatic ring is 1. The number of aromatic nitrogens is 1. The molecule has 0 aromatic carbocycles. The first-order valence-corrected chi connectivity index (χ1v) is 15.1. The summed E-state index contributed by atoms with van der Waals surface area (Å²) < 4.78 is 1.68. The fourth-order valence-corrected chi connectivity index (χ4v) is 9.81. The number of amides is 2. The number of carbonyl (C=O) groups is 3. The Bertz CT molecular complexity index is 1630. The minimum Gasteiger partial charge on any atom is -0.477 e. The van der Waals surface area contributed by atoms with E-state index in [0.29, 0.717) is 18.5 Å². The molecule has 3 aromatic rings. The number of hydrogen-bond acceptors (Lipinski definition) is 14. The van der Waals surface area contributed by atoms with Gasteiger partial charge in [-0.25, -0.2) is 9.78 Å². The number of thiazole rings is 1. The summed E-state index contributed by atoms with van der Waals surface area (Å²) in [6.45, 7) is -0.517. The molecule has 38 heavy (non-hydrogen) atoms. The number of anilines is 1. The van der Waals surface area contributed by atoms with Crippen molar-refractivity contribution >= 4 is 107 Å². The number of nitrogens with zero attached hydrogens (tertiary/aromatic N) is 3. The van der Waals surface area contributed by atoms with E-state index in [9.17, 15) is 34.6 Å². The molecule has 0 spiro atoms. The van der Waals surface area contributed by atoms with Gasteiger partial charge in [0.15, 0.2) is 10.8 Å². The number of β-lactam (4-membered cyclic amide) rings is 1. The number of nitrogens with two attached hydrogens (primary N) is 1. The summed E-state index contributed by atoms with van der Waals surface area (Å²) in [7, 11) is 0. The molecule has 0 bridgehead atoms. The highest BCUT2D eigenvalue weighted by Crippen LogP contribution is 2.47. The zero-order chi connectivity index (χ0) is 27.3. The van der Waals surface area contributed by atoms with E-state index in [2.05, 4.69) is 15.5 Å². The van der Waals surface area contributed by atoms with Gasteiger partial charge in [-0.1, -0.05) is 39.9 Å². The average Bonchev–Trinajstić information content (AvgIpc) is 3.48. The van der Waals surface area contributed by atoms with Crippen LogP contribution in [0.15, 0.2) is 36.2 Å². The third-order valence-electron chi connectivity index (χ3n) is 5.50. The Morgan fingerprint density at radius 1 is 1.34 bits per heavy atom. The lowest BCUT2D eigenvalue weighted by Gasteiger charge is -2.49. The van der Waals surface area contributed by atoms with Gasteiger partial charge >= 0.3 is 5.97 Å². The number of carbonyl (C=O) groups excluding carboxylic acids is 2. The van der Waals surface area contributed by atoms with Crippen LogP contribution in [0.5, 0.6) is 0 Å². The number of aliphatic hydroxyl groups is 1. The van der Waals surface area contributed by atoms with Crippen LogP contribution in [0.25, 0.3) is 9.40 Å². The minimum absolute atomic E-state index is 0.0157. The molecule has 2 aliphatic rings. The predicted molar refractivity (Wildman–Crippen MR) is 147 cm³/mol. The van der Waals surface area contributed by atoms with Crippen molar-refractivity contribution in [3.05, 3.63) is 47.9 Å². The molecule has 1 unspecified atom stereocenters. The van der Waals surface area contributed by atoms with Crippen LogP contribution in [-0.2, 0) is 21.0 Å². The average molecular weight is 632 g/mol. The second kappa shape index (κ2) is 10.5. The molecule has 2 amide bonds. The molecule has 0 radical (unpaired) electrons. The highest BCUT2D eigenvalue weighted by atomic mass is 35.5. The molecule has 0 aliphatic carbocycles. The van der Waals surface area contributed by atoms with Gasteiger partial charge in [0, 0.05) is 10.7 Å². The van der Waals surface area contributed by atoms with Crippen LogP contribution < -0.4 is 16.5 Å². The van der Waals surface area contributed by atoms with Gasteiger partial charge in [-0.2, -0.15) is 0 Å². The smallest absolute Gasteiger partial charge is 0.353 e. The van der Waals surface area contributed by atoms with Crippen molar-refractivity contribution in [2.45, 2.75) is 22.2 Å². The van der Waals surface area contributed by atoms with Gasteiger partial charge in [-0.15, -0.1) is 34.4 Å². The maximum Gasteiger partial charge on any atom is 0.353 e. The van der Waals surface area contributed by atoms with Gasteiger partial charge in [0.1, 0.15) is 27.1 Å². The maximum atomic E-state index is 13.0. The molecule has 6 N–H and O–H groups in total. The van der Waals surface area contributed by atoms with E-state index in [1.165, 1.54) is 34.4 Å². The zero-order valence-corrected chi connectivity index (χ0v) is 23.4. The lowest BCUT2D eigenvalue weighted by molar-refractivity contribution is -0.150. The van der Waals surface area contributed by atoms with Gasteiger partial charge in [-0.3, -0.25) is 19.3 Å². The highest BCUT2D eigenvalue weighted by molar-refractivity contribution is 8.07. The number of aliphatic carboxylic acids is 1. The van der Waals surface area contributed by atoms with Crippen molar-refractivity contribution in [1.29, 1.82) is 0 Å². The number of carboxylic acid groups (broad SMARTS) is 1. The molecule has 12 nitrogen and oxygen atoms in total.